The first-order chi connectivity index (χ1) is 13.4. The Bertz CT molecular complexity index is 823. The van der Waals surface area contributed by atoms with Gasteiger partial charge < -0.3 is 14.4 Å². The van der Waals surface area contributed by atoms with Gasteiger partial charge in [-0.25, -0.2) is 18.1 Å². The van der Waals surface area contributed by atoms with Gasteiger partial charge in [-0.2, -0.15) is 0 Å². The van der Waals surface area contributed by atoms with Crippen LogP contribution in [0.15, 0.2) is 18.3 Å². The minimum atomic E-state index is -3.37. The van der Waals surface area contributed by atoms with E-state index in [1.807, 2.05) is 12.1 Å². The van der Waals surface area contributed by atoms with E-state index in [-0.39, 0.29) is 30.7 Å². The van der Waals surface area contributed by atoms with Crippen molar-refractivity contribution in [2.45, 2.75) is 56.2 Å². The van der Waals surface area contributed by atoms with Crippen molar-refractivity contribution in [2.24, 2.45) is 0 Å². The first-order valence-corrected chi connectivity index (χ1v) is 11.8. The second-order valence-electron chi connectivity index (χ2n) is 7.93. The first kappa shape index (κ1) is 19.6. The monoisotopic (exact) mass is 409 g/mol. The topological polar surface area (TPSA) is 97.8 Å². The third kappa shape index (κ3) is 4.31. The predicted octanol–water partition coefficient (Wildman–Crippen LogP) is 1.04. The molecule has 8 nitrogen and oxygen atoms in total. The molecule has 1 saturated carbocycles. The molecule has 5 rings (SSSR count). The van der Waals surface area contributed by atoms with Crippen LogP contribution in [0.4, 0.5) is 0 Å². The smallest absolute Gasteiger partial charge is 0.260 e. The number of hydrogen-bond acceptors (Lipinski definition) is 6. The highest BCUT2D eigenvalue weighted by Crippen LogP contribution is 2.38. The molecule has 0 unspecified atom stereocenters. The lowest BCUT2D eigenvalue weighted by molar-refractivity contribution is -0.136. The molecule has 3 aliphatic heterocycles. The maximum absolute atomic E-state index is 12.8. The molecular weight excluding hydrogens is 382 g/mol. The van der Waals surface area contributed by atoms with Crippen LogP contribution in [0.2, 0.25) is 0 Å². The highest BCUT2D eigenvalue weighted by molar-refractivity contribution is 7.88. The van der Waals surface area contributed by atoms with E-state index in [1.165, 1.54) is 0 Å². The molecule has 154 valence electrons. The second-order valence-corrected chi connectivity index (χ2v) is 9.71. The Hall–Kier alpha value is -1.71. The van der Waals surface area contributed by atoms with Gasteiger partial charge in [-0.15, -0.1) is 0 Å². The lowest BCUT2D eigenvalue weighted by Gasteiger charge is -2.32. The Labute approximate surface area is 165 Å². The number of carbonyl (C=O) groups is 1. The van der Waals surface area contributed by atoms with Gasteiger partial charge in [-0.05, 0) is 44.1 Å². The molecule has 0 aromatic carbocycles. The van der Waals surface area contributed by atoms with E-state index in [0.717, 1.165) is 37.5 Å². The third-order valence-electron chi connectivity index (χ3n) is 5.98. The Morgan fingerprint density at radius 1 is 1.21 bits per heavy atom. The molecule has 1 aromatic heterocycles. The van der Waals surface area contributed by atoms with Crippen LogP contribution in [0, 0.1) is 0 Å². The Morgan fingerprint density at radius 2 is 2.00 bits per heavy atom. The van der Waals surface area contributed by atoms with E-state index in [9.17, 15) is 13.2 Å². The maximum Gasteiger partial charge on any atom is 0.260 e. The van der Waals surface area contributed by atoms with Gasteiger partial charge >= 0.3 is 0 Å². The summed E-state index contributed by atoms with van der Waals surface area (Å²) < 4.78 is 38.1. The second kappa shape index (κ2) is 7.96. The van der Waals surface area contributed by atoms with Gasteiger partial charge in [-0.3, -0.25) is 4.79 Å². The molecule has 28 heavy (non-hydrogen) atoms. The summed E-state index contributed by atoms with van der Waals surface area (Å²) >= 11 is 0. The fraction of sp³-hybridized carbons (Fsp3) is 0.684. The number of pyridine rings is 1. The number of rotatable bonds is 2. The number of amides is 1. The molecule has 1 N–H and O–H groups in total. The van der Waals surface area contributed by atoms with Crippen LogP contribution in [0.5, 0.6) is 5.88 Å². The van der Waals surface area contributed by atoms with Crippen LogP contribution in [0.1, 0.15) is 43.6 Å². The average Bonchev–Trinajstić information content (AvgIpc) is 3.05. The molecule has 4 heterocycles. The first-order valence-electron chi connectivity index (χ1n) is 9.87. The number of nitrogens with zero attached hydrogens (tertiary/aromatic N) is 2. The molecule has 1 aliphatic carbocycles. The van der Waals surface area contributed by atoms with Crippen molar-refractivity contribution in [2.75, 3.05) is 26.0 Å². The van der Waals surface area contributed by atoms with Crippen molar-refractivity contribution in [1.82, 2.24) is 14.6 Å². The minimum absolute atomic E-state index is 0.109. The van der Waals surface area contributed by atoms with Crippen molar-refractivity contribution in [3.05, 3.63) is 23.9 Å². The molecular formula is C19H27N3O5S. The summed E-state index contributed by atoms with van der Waals surface area (Å²) in [6.45, 7) is 0.702. The molecule has 0 radical (unpaired) electrons. The highest BCUT2D eigenvalue weighted by atomic mass is 32.2. The predicted molar refractivity (Wildman–Crippen MR) is 103 cm³/mol. The van der Waals surface area contributed by atoms with Gasteiger partial charge in [0.25, 0.3) is 5.91 Å². The zero-order chi connectivity index (χ0) is 19.7. The van der Waals surface area contributed by atoms with E-state index < -0.39 is 10.0 Å². The van der Waals surface area contributed by atoms with Crippen molar-refractivity contribution in [1.29, 1.82) is 0 Å². The minimum Gasteiger partial charge on any atom is -0.467 e. The van der Waals surface area contributed by atoms with Crippen LogP contribution in [0.3, 0.4) is 0 Å². The number of carbonyl (C=O) groups excluding carboxylic acids is 1. The van der Waals surface area contributed by atoms with Gasteiger partial charge in [-0.1, -0.05) is 6.07 Å². The molecule has 2 bridgehead atoms. The van der Waals surface area contributed by atoms with Gasteiger partial charge in [0.15, 0.2) is 6.61 Å². The van der Waals surface area contributed by atoms with E-state index in [0.29, 0.717) is 31.4 Å². The fourth-order valence-electron chi connectivity index (χ4n) is 4.60. The summed E-state index contributed by atoms with van der Waals surface area (Å²) in [6, 6.07) is 3.27. The van der Waals surface area contributed by atoms with Gasteiger partial charge in [0.2, 0.25) is 15.9 Å². The quantitative estimate of drug-likeness (QED) is 0.784. The van der Waals surface area contributed by atoms with Crippen LogP contribution >= 0.6 is 0 Å². The lowest BCUT2D eigenvalue weighted by Crippen LogP contribution is -2.50. The molecule has 4 aliphatic rings. The van der Waals surface area contributed by atoms with Crippen molar-refractivity contribution >= 4 is 15.9 Å². The normalized spacial score (nSPS) is 31.2. The van der Waals surface area contributed by atoms with E-state index in [4.69, 9.17) is 9.47 Å². The number of hydrogen-bond donors (Lipinski definition) is 1. The summed E-state index contributed by atoms with van der Waals surface area (Å²) in [4.78, 5) is 18.9. The largest absolute Gasteiger partial charge is 0.467 e. The van der Waals surface area contributed by atoms with Crippen LogP contribution in [0.25, 0.3) is 0 Å². The number of aromatic nitrogens is 1. The third-order valence-corrected chi connectivity index (χ3v) is 6.71. The molecule has 2 atom stereocenters. The van der Waals surface area contributed by atoms with Crippen LogP contribution in [-0.4, -0.2) is 68.4 Å². The Balaban J connectivity index is 1.59. The highest BCUT2D eigenvalue weighted by Gasteiger charge is 2.40. The van der Waals surface area contributed by atoms with Gasteiger partial charge in [0.1, 0.15) is 0 Å². The molecule has 9 heteroatoms. The van der Waals surface area contributed by atoms with Crippen molar-refractivity contribution in [3.63, 3.8) is 0 Å². The van der Waals surface area contributed by atoms with E-state index in [2.05, 4.69) is 9.71 Å². The fourth-order valence-corrected chi connectivity index (χ4v) is 5.43. The molecule has 1 amide bonds. The maximum atomic E-state index is 12.8. The molecule has 1 saturated heterocycles. The number of nitrogens with one attached hydrogen (secondary N) is 1. The number of fused-ring (bicyclic) bond motifs is 5. The zero-order valence-corrected chi connectivity index (χ0v) is 16.9. The Kier molecular flexibility index (Phi) is 5.57. The van der Waals surface area contributed by atoms with E-state index >= 15 is 0 Å². The van der Waals surface area contributed by atoms with Crippen LogP contribution < -0.4 is 9.46 Å². The molecule has 2 fully saturated rings. The lowest BCUT2D eigenvalue weighted by atomic mass is 9.83. The van der Waals surface area contributed by atoms with Gasteiger partial charge in [0.05, 0.1) is 25.0 Å². The standard InChI is InChI=1S/C19H27N3O5S/c1-28(24,25)21-16-8-10-22-17(16)11-26-14-6-4-13(5-7-14)15-3-2-9-20-19(15)27-12-18(22)23/h2-3,9,13-14,16-17,21H,4-8,10-12H2,1H3/t13-,14+,16-,17-/m0/s1. The molecule has 0 spiro atoms. The van der Waals surface area contributed by atoms with Gasteiger partial charge in [0, 0.05) is 24.3 Å². The Morgan fingerprint density at radius 3 is 2.75 bits per heavy atom. The summed E-state index contributed by atoms with van der Waals surface area (Å²) in [5, 5.41) is 0. The van der Waals surface area contributed by atoms with Crippen molar-refractivity contribution < 1.29 is 22.7 Å². The molecule has 1 aromatic rings. The number of sulfonamides is 1. The summed E-state index contributed by atoms with van der Waals surface area (Å²) in [6.07, 6.45) is 7.36. The summed E-state index contributed by atoms with van der Waals surface area (Å²) in [7, 11) is -3.37. The summed E-state index contributed by atoms with van der Waals surface area (Å²) in [5.74, 6) is 0.717. The SMILES string of the molecule is CS(=O)(=O)N[C@H]1CCN2C(=O)COc3ncccc3[C@H]3CC[C@H](CC3)OC[C@@H]12. The van der Waals surface area contributed by atoms with Crippen LogP contribution in [-0.2, 0) is 19.6 Å². The van der Waals surface area contributed by atoms with E-state index in [1.54, 1.807) is 11.1 Å². The zero-order valence-electron chi connectivity index (χ0n) is 16.0. The number of ether oxygens (including phenoxy) is 2. The van der Waals surface area contributed by atoms with Crippen molar-refractivity contribution in [3.8, 4) is 5.88 Å². The summed E-state index contributed by atoms with van der Waals surface area (Å²) in [5.41, 5.74) is 1.06. The average molecular weight is 410 g/mol.